The molecule has 24 heavy (non-hydrogen) atoms. The van der Waals surface area contributed by atoms with Crippen LogP contribution in [0.15, 0.2) is 6.07 Å². The Morgan fingerprint density at radius 1 is 1.38 bits per heavy atom. The highest BCUT2D eigenvalue weighted by Gasteiger charge is 2.25. The van der Waals surface area contributed by atoms with Crippen molar-refractivity contribution in [3.63, 3.8) is 0 Å². The number of fused-ring (bicyclic) bond motifs is 1. The van der Waals surface area contributed by atoms with Crippen LogP contribution >= 0.6 is 0 Å². The van der Waals surface area contributed by atoms with Crippen molar-refractivity contribution in [1.29, 1.82) is 0 Å². The molecule has 1 atom stereocenters. The van der Waals surface area contributed by atoms with Gasteiger partial charge in [0.1, 0.15) is 17.3 Å². The lowest BCUT2D eigenvalue weighted by molar-refractivity contribution is 0.0922. The molecule has 0 saturated heterocycles. The number of aromatic amines is 1. The maximum Gasteiger partial charge on any atom is 0.272 e. The number of rotatable bonds is 5. The summed E-state index contributed by atoms with van der Waals surface area (Å²) in [6.07, 6.45) is 2.61. The third-order valence-electron chi connectivity index (χ3n) is 4.32. The van der Waals surface area contributed by atoms with Crippen molar-refractivity contribution in [2.75, 3.05) is 0 Å². The monoisotopic (exact) mass is 330 g/mol. The minimum atomic E-state index is -0.117. The lowest BCUT2D eigenvalue weighted by atomic mass is 10.1. The Morgan fingerprint density at radius 2 is 2.17 bits per heavy atom. The van der Waals surface area contributed by atoms with Gasteiger partial charge in [0.05, 0.1) is 0 Å². The number of carbonyl (C=O) groups is 1. The number of carbonyl (C=O) groups excluding carboxylic acids is 1. The van der Waals surface area contributed by atoms with Crippen molar-refractivity contribution >= 4 is 5.91 Å². The van der Waals surface area contributed by atoms with Gasteiger partial charge in [0.25, 0.3) is 5.91 Å². The van der Waals surface area contributed by atoms with Gasteiger partial charge in [-0.3, -0.25) is 9.89 Å². The minimum absolute atomic E-state index is 0.0868. The summed E-state index contributed by atoms with van der Waals surface area (Å²) in [4.78, 5) is 12.4. The second kappa shape index (κ2) is 6.75. The van der Waals surface area contributed by atoms with E-state index in [2.05, 4.69) is 58.0 Å². The summed E-state index contributed by atoms with van der Waals surface area (Å²) in [6.45, 7) is 9.24. The highest BCUT2D eigenvalue weighted by atomic mass is 16.2. The normalized spacial score (nSPS) is 17.3. The van der Waals surface area contributed by atoms with Crippen molar-refractivity contribution in [1.82, 2.24) is 30.3 Å². The smallest absolute Gasteiger partial charge is 0.272 e. The number of amides is 1. The Kier molecular flexibility index (Phi) is 4.69. The third-order valence-corrected chi connectivity index (χ3v) is 4.32. The lowest BCUT2D eigenvalue weighted by Crippen LogP contribution is -2.41. The van der Waals surface area contributed by atoms with Crippen LogP contribution in [0.3, 0.4) is 0 Å². The van der Waals surface area contributed by atoms with E-state index in [-0.39, 0.29) is 11.9 Å². The summed E-state index contributed by atoms with van der Waals surface area (Å²) in [5.41, 5.74) is 1.46. The summed E-state index contributed by atoms with van der Waals surface area (Å²) in [5.74, 6) is 2.74. The van der Waals surface area contributed by atoms with E-state index in [1.165, 1.54) is 0 Å². The average molecular weight is 330 g/mol. The summed E-state index contributed by atoms with van der Waals surface area (Å²) < 4.78 is 2.15. The van der Waals surface area contributed by atoms with E-state index in [1.54, 1.807) is 0 Å². The van der Waals surface area contributed by atoms with Crippen LogP contribution in [0.25, 0.3) is 0 Å². The van der Waals surface area contributed by atoms with Crippen LogP contribution in [0.4, 0.5) is 0 Å². The van der Waals surface area contributed by atoms with Crippen molar-refractivity contribution in [3.05, 3.63) is 29.1 Å². The molecule has 0 aliphatic carbocycles. The predicted molar refractivity (Wildman–Crippen MR) is 90.8 cm³/mol. The Hall–Kier alpha value is -2.18. The first-order valence-corrected chi connectivity index (χ1v) is 8.71. The van der Waals surface area contributed by atoms with Gasteiger partial charge in [0.15, 0.2) is 0 Å². The summed E-state index contributed by atoms with van der Waals surface area (Å²) >= 11 is 0. The highest BCUT2D eigenvalue weighted by molar-refractivity contribution is 5.92. The van der Waals surface area contributed by atoms with E-state index in [0.29, 0.717) is 17.5 Å². The van der Waals surface area contributed by atoms with Crippen molar-refractivity contribution < 1.29 is 4.79 Å². The number of hydrogen-bond acceptors (Lipinski definition) is 4. The number of hydrogen-bond donors (Lipinski definition) is 2. The molecule has 2 aromatic rings. The second-order valence-corrected chi connectivity index (χ2v) is 7.33. The van der Waals surface area contributed by atoms with E-state index in [9.17, 15) is 4.79 Å². The minimum Gasteiger partial charge on any atom is -0.346 e. The molecule has 130 valence electrons. The molecule has 1 aliphatic rings. The Morgan fingerprint density at radius 3 is 2.88 bits per heavy atom. The first-order valence-electron chi connectivity index (χ1n) is 8.71. The molecule has 1 amide bonds. The number of nitrogens with zero attached hydrogens (tertiary/aromatic N) is 4. The van der Waals surface area contributed by atoms with Crippen LogP contribution in [0, 0.1) is 5.92 Å². The number of aromatic nitrogens is 5. The van der Waals surface area contributed by atoms with Crippen molar-refractivity contribution in [3.8, 4) is 0 Å². The fourth-order valence-corrected chi connectivity index (χ4v) is 3.17. The molecule has 0 fully saturated rings. The summed E-state index contributed by atoms with van der Waals surface area (Å²) in [6, 6.07) is 1.94. The molecular weight excluding hydrogens is 304 g/mol. The zero-order chi connectivity index (χ0) is 17.3. The van der Waals surface area contributed by atoms with Crippen molar-refractivity contribution in [2.45, 2.75) is 65.5 Å². The maximum atomic E-state index is 12.4. The zero-order valence-corrected chi connectivity index (χ0v) is 14.8. The van der Waals surface area contributed by atoms with Gasteiger partial charge in [0.2, 0.25) is 0 Å². The van der Waals surface area contributed by atoms with Gasteiger partial charge in [-0.15, -0.1) is 10.2 Å². The fraction of sp³-hybridized carbons (Fsp3) is 0.647. The third kappa shape index (κ3) is 3.49. The molecule has 0 aromatic carbocycles. The average Bonchev–Trinajstić information content (AvgIpc) is 3.12. The van der Waals surface area contributed by atoms with Crippen molar-refractivity contribution in [2.24, 2.45) is 5.92 Å². The zero-order valence-electron chi connectivity index (χ0n) is 14.8. The molecule has 0 radical (unpaired) electrons. The molecule has 0 spiro atoms. The van der Waals surface area contributed by atoms with E-state index in [1.807, 2.05) is 6.07 Å². The first-order chi connectivity index (χ1) is 11.4. The van der Waals surface area contributed by atoms with Crippen LogP contribution in [0.1, 0.15) is 67.9 Å². The molecule has 3 rings (SSSR count). The maximum absolute atomic E-state index is 12.4. The second-order valence-electron chi connectivity index (χ2n) is 7.33. The van der Waals surface area contributed by atoms with E-state index < -0.39 is 0 Å². The molecule has 7 heteroatoms. The molecule has 0 saturated carbocycles. The highest BCUT2D eigenvalue weighted by Crippen LogP contribution is 2.20. The largest absolute Gasteiger partial charge is 0.346 e. The van der Waals surface area contributed by atoms with Crippen LogP contribution in [-0.4, -0.2) is 36.9 Å². The molecule has 3 heterocycles. The molecule has 2 N–H and O–H groups in total. The molecule has 2 aromatic heterocycles. The lowest BCUT2D eigenvalue weighted by Gasteiger charge is -2.25. The van der Waals surface area contributed by atoms with Gasteiger partial charge in [-0.1, -0.05) is 27.7 Å². The molecule has 0 unspecified atom stereocenters. The number of H-pyrrole nitrogens is 1. The van der Waals surface area contributed by atoms with Crippen LogP contribution in [0.2, 0.25) is 0 Å². The molecule has 0 bridgehead atoms. The Balaban J connectivity index is 1.65. The number of aryl methyl sites for hydroxylation is 1. The van der Waals surface area contributed by atoms with E-state index in [0.717, 1.165) is 43.1 Å². The predicted octanol–water partition coefficient (Wildman–Crippen LogP) is 2.07. The molecule has 7 nitrogen and oxygen atoms in total. The number of nitrogens with one attached hydrogen (secondary N) is 2. The summed E-state index contributed by atoms with van der Waals surface area (Å²) in [5, 5.41) is 18.7. The standard InChI is InChI=1S/C17H26N6O/c1-10(2)7-13-8-14(20-19-13)17(24)18-12-5-6-15-21-22-16(11(3)4)23(15)9-12/h8,10-12H,5-7,9H2,1-4H3,(H,18,24)(H,19,20)/t12-/m0/s1. The van der Waals surface area contributed by atoms with E-state index in [4.69, 9.17) is 0 Å². The van der Waals surface area contributed by atoms with E-state index >= 15 is 0 Å². The topological polar surface area (TPSA) is 88.5 Å². The van der Waals surface area contributed by atoms with Gasteiger partial charge < -0.3 is 9.88 Å². The van der Waals surface area contributed by atoms with Crippen LogP contribution < -0.4 is 5.32 Å². The fourth-order valence-electron chi connectivity index (χ4n) is 3.17. The Bertz CT molecular complexity index is 714. The van der Waals surface area contributed by atoms with Gasteiger partial charge in [-0.2, -0.15) is 5.10 Å². The first kappa shape index (κ1) is 16.7. The van der Waals surface area contributed by atoms with Gasteiger partial charge in [-0.05, 0) is 24.8 Å². The molecule has 1 aliphatic heterocycles. The van der Waals surface area contributed by atoms with Gasteiger partial charge in [-0.25, -0.2) is 0 Å². The summed E-state index contributed by atoms with van der Waals surface area (Å²) in [7, 11) is 0. The quantitative estimate of drug-likeness (QED) is 0.878. The van der Waals surface area contributed by atoms with Crippen LogP contribution in [-0.2, 0) is 19.4 Å². The van der Waals surface area contributed by atoms with Crippen LogP contribution in [0.5, 0.6) is 0 Å². The van der Waals surface area contributed by atoms with Gasteiger partial charge in [0, 0.05) is 30.6 Å². The molecular formula is C17H26N6O. The Labute approximate surface area is 142 Å². The SMILES string of the molecule is CC(C)Cc1cc(C(=O)N[C@H]2CCc3nnc(C(C)C)n3C2)n[nH]1. The van der Waals surface area contributed by atoms with Gasteiger partial charge >= 0.3 is 0 Å².